The number of nitrogens with zero attached hydrogens (tertiary/aromatic N) is 1. The summed E-state index contributed by atoms with van der Waals surface area (Å²) < 4.78 is 45.3. The monoisotopic (exact) mass is 274 g/mol. The summed E-state index contributed by atoms with van der Waals surface area (Å²) in [6, 6.07) is 2.43. The summed E-state index contributed by atoms with van der Waals surface area (Å²) in [6.07, 6.45) is 2.37. The molecule has 0 atom stereocenters. The lowest BCUT2D eigenvalue weighted by Gasteiger charge is -2.33. The molecule has 1 aromatic heterocycles. The van der Waals surface area contributed by atoms with Crippen LogP contribution in [0.3, 0.4) is 0 Å². The molecule has 1 aliphatic heterocycles. The largest absolute Gasteiger partial charge is 0.381 e. The Kier molecular flexibility index (Phi) is 3.65. The zero-order chi connectivity index (χ0) is 13.2. The number of ether oxygens (including phenoxy) is 1. The van der Waals surface area contributed by atoms with Crippen molar-refractivity contribution >= 4 is 10.0 Å². The van der Waals surface area contributed by atoms with Gasteiger partial charge >= 0.3 is 0 Å². The SMILES string of the molecule is CC1(NS(=O)(=O)c2ncccc2F)CCOCC1. The van der Waals surface area contributed by atoms with Crippen LogP contribution in [0.4, 0.5) is 4.39 Å². The molecular weight excluding hydrogens is 259 g/mol. The van der Waals surface area contributed by atoms with E-state index in [0.717, 1.165) is 6.07 Å². The zero-order valence-corrected chi connectivity index (χ0v) is 10.8. The van der Waals surface area contributed by atoms with Gasteiger partial charge in [0.15, 0.2) is 5.82 Å². The van der Waals surface area contributed by atoms with Crippen LogP contribution in [0.25, 0.3) is 0 Å². The molecule has 0 aromatic carbocycles. The molecule has 100 valence electrons. The van der Waals surface area contributed by atoms with Crippen molar-refractivity contribution < 1.29 is 17.5 Å². The Morgan fingerprint density at radius 3 is 2.72 bits per heavy atom. The van der Waals surface area contributed by atoms with Crippen molar-refractivity contribution in [3.8, 4) is 0 Å². The van der Waals surface area contributed by atoms with Crippen molar-refractivity contribution in [3.63, 3.8) is 0 Å². The molecular formula is C11H15FN2O3S. The van der Waals surface area contributed by atoms with Crippen LogP contribution in [-0.4, -0.2) is 32.2 Å². The predicted octanol–water partition coefficient (Wildman–Crippen LogP) is 1.07. The van der Waals surface area contributed by atoms with E-state index >= 15 is 0 Å². The first-order chi connectivity index (χ1) is 8.43. The van der Waals surface area contributed by atoms with Crippen LogP contribution in [0.15, 0.2) is 23.4 Å². The van der Waals surface area contributed by atoms with Crippen LogP contribution in [-0.2, 0) is 14.8 Å². The Balaban J connectivity index is 2.25. The first kappa shape index (κ1) is 13.4. The lowest BCUT2D eigenvalue weighted by atomic mass is 9.94. The van der Waals surface area contributed by atoms with Gasteiger partial charge in [0.05, 0.1) is 0 Å². The summed E-state index contributed by atoms with van der Waals surface area (Å²) in [5.41, 5.74) is -0.610. The normalized spacial score (nSPS) is 19.7. The second-order valence-electron chi connectivity index (χ2n) is 4.57. The molecule has 0 amide bonds. The molecule has 2 rings (SSSR count). The highest BCUT2D eigenvalue weighted by molar-refractivity contribution is 7.89. The number of halogens is 1. The van der Waals surface area contributed by atoms with E-state index in [1.54, 1.807) is 6.92 Å². The Bertz CT molecular complexity index is 527. The Labute approximate surface area is 105 Å². The summed E-state index contributed by atoms with van der Waals surface area (Å²) in [6.45, 7) is 2.77. The van der Waals surface area contributed by atoms with E-state index in [0.29, 0.717) is 26.1 Å². The van der Waals surface area contributed by atoms with Gasteiger partial charge < -0.3 is 4.74 Å². The van der Waals surface area contributed by atoms with Crippen LogP contribution >= 0.6 is 0 Å². The summed E-state index contributed by atoms with van der Waals surface area (Å²) in [4.78, 5) is 3.59. The van der Waals surface area contributed by atoms with Gasteiger partial charge in [-0.3, -0.25) is 0 Å². The number of aromatic nitrogens is 1. The van der Waals surface area contributed by atoms with E-state index in [1.807, 2.05) is 0 Å². The molecule has 0 spiro atoms. The Morgan fingerprint density at radius 2 is 2.11 bits per heavy atom. The summed E-state index contributed by atoms with van der Waals surface area (Å²) in [5, 5.41) is -0.558. The highest BCUT2D eigenvalue weighted by Crippen LogP contribution is 2.23. The van der Waals surface area contributed by atoms with Crippen molar-refractivity contribution in [2.45, 2.75) is 30.3 Å². The molecule has 0 saturated carbocycles. The zero-order valence-electron chi connectivity index (χ0n) is 10.0. The summed E-state index contributed by atoms with van der Waals surface area (Å²) in [5.74, 6) is -0.847. The third kappa shape index (κ3) is 2.85. The molecule has 0 radical (unpaired) electrons. The topological polar surface area (TPSA) is 68.3 Å². The van der Waals surface area contributed by atoms with Crippen molar-refractivity contribution in [3.05, 3.63) is 24.1 Å². The average molecular weight is 274 g/mol. The molecule has 1 aliphatic rings. The van der Waals surface area contributed by atoms with E-state index < -0.39 is 26.4 Å². The highest BCUT2D eigenvalue weighted by atomic mass is 32.2. The van der Waals surface area contributed by atoms with Crippen LogP contribution < -0.4 is 4.72 Å². The Morgan fingerprint density at radius 1 is 1.44 bits per heavy atom. The number of hydrogen-bond donors (Lipinski definition) is 1. The lowest BCUT2D eigenvalue weighted by Crippen LogP contribution is -2.49. The predicted molar refractivity (Wildman–Crippen MR) is 63.0 cm³/mol. The van der Waals surface area contributed by atoms with E-state index in [-0.39, 0.29) is 0 Å². The van der Waals surface area contributed by atoms with Crippen LogP contribution in [0.1, 0.15) is 19.8 Å². The van der Waals surface area contributed by atoms with Crippen LogP contribution in [0.2, 0.25) is 0 Å². The molecule has 18 heavy (non-hydrogen) atoms. The van der Waals surface area contributed by atoms with Gasteiger partial charge in [0.25, 0.3) is 10.0 Å². The number of sulfonamides is 1. The third-order valence-corrected chi connectivity index (χ3v) is 4.53. The first-order valence-electron chi connectivity index (χ1n) is 5.65. The van der Waals surface area contributed by atoms with Crippen molar-refractivity contribution in [1.82, 2.24) is 9.71 Å². The van der Waals surface area contributed by atoms with Crippen LogP contribution in [0.5, 0.6) is 0 Å². The standard InChI is InChI=1S/C11H15FN2O3S/c1-11(4-7-17-8-5-11)14-18(15,16)10-9(12)3-2-6-13-10/h2-3,6,14H,4-5,7-8H2,1H3. The minimum Gasteiger partial charge on any atom is -0.381 e. The van der Waals surface area contributed by atoms with E-state index in [4.69, 9.17) is 4.74 Å². The van der Waals surface area contributed by atoms with Crippen molar-refractivity contribution in [1.29, 1.82) is 0 Å². The smallest absolute Gasteiger partial charge is 0.261 e. The fourth-order valence-corrected chi connectivity index (χ4v) is 3.34. The van der Waals surface area contributed by atoms with Gasteiger partial charge in [0.1, 0.15) is 0 Å². The van der Waals surface area contributed by atoms with E-state index in [2.05, 4.69) is 9.71 Å². The average Bonchev–Trinajstić information content (AvgIpc) is 2.28. The molecule has 1 N–H and O–H groups in total. The highest BCUT2D eigenvalue weighted by Gasteiger charge is 2.34. The van der Waals surface area contributed by atoms with Gasteiger partial charge in [-0.2, -0.15) is 0 Å². The van der Waals surface area contributed by atoms with E-state index in [1.165, 1.54) is 12.3 Å². The molecule has 0 bridgehead atoms. The van der Waals surface area contributed by atoms with Gasteiger partial charge in [0.2, 0.25) is 5.03 Å². The molecule has 1 saturated heterocycles. The molecule has 0 unspecified atom stereocenters. The molecule has 2 heterocycles. The minimum absolute atomic E-state index is 0.490. The van der Waals surface area contributed by atoms with Crippen LogP contribution in [0, 0.1) is 5.82 Å². The summed E-state index contributed by atoms with van der Waals surface area (Å²) in [7, 11) is -3.94. The van der Waals surface area contributed by atoms with Gasteiger partial charge in [-0.1, -0.05) is 0 Å². The molecule has 1 fully saturated rings. The second-order valence-corrected chi connectivity index (χ2v) is 6.17. The van der Waals surface area contributed by atoms with Crippen molar-refractivity contribution in [2.24, 2.45) is 0 Å². The third-order valence-electron chi connectivity index (χ3n) is 2.96. The fourth-order valence-electron chi connectivity index (χ4n) is 1.87. The first-order valence-corrected chi connectivity index (χ1v) is 7.14. The lowest BCUT2D eigenvalue weighted by molar-refractivity contribution is 0.0537. The second kappa shape index (κ2) is 4.91. The fraction of sp³-hybridized carbons (Fsp3) is 0.545. The van der Waals surface area contributed by atoms with Gasteiger partial charge in [-0.25, -0.2) is 22.5 Å². The number of nitrogens with one attached hydrogen (secondary N) is 1. The number of pyridine rings is 1. The molecule has 5 nitrogen and oxygen atoms in total. The number of rotatable bonds is 3. The maximum Gasteiger partial charge on any atom is 0.261 e. The molecule has 1 aromatic rings. The molecule has 7 heteroatoms. The van der Waals surface area contributed by atoms with Crippen molar-refractivity contribution in [2.75, 3.05) is 13.2 Å². The summed E-state index contributed by atoms with van der Waals surface area (Å²) >= 11 is 0. The van der Waals surface area contributed by atoms with Gasteiger partial charge in [-0.05, 0) is 31.9 Å². The van der Waals surface area contributed by atoms with E-state index in [9.17, 15) is 12.8 Å². The quantitative estimate of drug-likeness (QED) is 0.895. The maximum atomic E-state index is 13.5. The maximum absolute atomic E-state index is 13.5. The minimum atomic E-state index is -3.94. The molecule has 0 aliphatic carbocycles. The Hall–Kier alpha value is -1.05. The van der Waals surface area contributed by atoms with Gasteiger partial charge in [-0.15, -0.1) is 0 Å². The number of hydrogen-bond acceptors (Lipinski definition) is 4. The van der Waals surface area contributed by atoms with Gasteiger partial charge in [0, 0.05) is 24.9 Å².